The minimum atomic E-state index is -4.55. The molecule has 2 amide bonds. The summed E-state index contributed by atoms with van der Waals surface area (Å²) in [6, 6.07) is 1.14. The van der Waals surface area contributed by atoms with Crippen molar-refractivity contribution in [3.05, 3.63) is 29.1 Å². The van der Waals surface area contributed by atoms with E-state index in [4.69, 9.17) is 0 Å². The summed E-state index contributed by atoms with van der Waals surface area (Å²) in [5.41, 5.74) is 1.24. The summed E-state index contributed by atoms with van der Waals surface area (Å²) >= 11 is 0. The van der Waals surface area contributed by atoms with Crippen LogP contribution in [0.25, 0.3) is 0 Å². The molecule has 1 fully saturated rings. The maximum Gasteiger partial charge on any atom is 0.408 e. The Labute approximate surface area is 141 Å². The Balaban J connectivity index is 1.70. The zero-order valence-corrected chi connectivity index (χ0v) is 13.2. The van der Waals surface area contributed by atoms with E-state index in [-0.39, 0.29) is 18.5 Å². The summed E-state index contributed by atoms with van der Waals surface area (Å²) in [6.45, 7) is 1.15. The van der Waals surface area contributed by atoms with Gasteiger partial charge in [0, 0.05) is 6.54 Å². The van der Waals surface area contributed by atoms with E-state index in [1.807, 2.05) is 5.32 Å². The van der Waals surface area contributed by atoms with E-state index in [9.17, 15) is 27.2 Å². The summed E-state index contributed by atoms with van der Waals surface area (Å²) in [6.07, 6.45) is -4.69. The van der Waals surface area contributed by atoms with Crippen LogP contribution in [0.1, 0.15) is 24.0 Å². The predicted octanol–water partition coefficient (Wildman–Crippen LogP) is 1.87. The molecule has 2 atom stereocenters. The van der Waals surface area contributed by atoms with Gasteiger partial charge in [0.2, 0.25) is 11.8 Å². The van der Waals surface area contributed by atoms with Gasteiger partial charge < -0.3 is 16.0 Å². The van der Waals surface area contributed by atoms with Crippen LogP contribution in [0.3, 0.4) is 0 Å². The van der Waals surface area contributed by atoms with Crippen LogP contribution in [0.4, 0.5) is 23.2 Å². The van der Waals surface area contributed by atoms with Gasteiger partial charge in [0.15, 0.2) is 0 Å². The lowest BCUT2D eigenvalue weighted by atomic mass is 9.92. The molecule has 9 heteroatoms. The number of halogens is 4. The largest absolute Gasteiger partial charge is 0.408 e. The van der Waals surface area contributed by atoms with Gasteiger partial charge in [-0.15, -0.1) is 0 Å². The van der Waals surface area contributed by atoms with Gasteiger partial charge in [-0.1, -0.05) is 6.07 Å². The predicted molar refractivity (Wildman–Crippen MR) is 81.2 cm³/mol. The number of benzene rings is 1. The number of carbonyl (C=O) groups is 2. The second-order valence-electron chi connectivity index (χ2n) is 6.21. The fraction of sp³-hybridized carbons (Fsp3) is 0.500. The third-order valence-electron chi connectivity index (χ3n) is 4.55. The fourth-order valence-corrected chi connectivity index (χ4v) is 3.15. The first kappa shape index (κ1) is 17.7. The van der Waals surface area contributed by atoms with Gasteiger partial charge in [0.05, 0.1) is 5.69 Å². The molecule has 2 aliphatic heterocycles. The number of fused-ring (bicyclic) bond motifs is 1. The smallest absolute Gasteiger partial charge is 0.344 e. The molecule has 1 aromatic rings. The third kappa shape index (κ3) is 3.60. The lowest BCUT2D eigenvalue weighted by Gasteiger charge is -2.30. The first-order valence-corrected chi connectivity index (χ1v) is 7.96. The Bertz CT molecular complexity index is 705. The number of carbonyl (C=O) groups excluding carboxylic acids is 2. The Hall–Kier alpha value is -2.16. The highest BCUT2D eigenvalue weighted by Crippen LogP contribution is 2.30. The lowest BCUT2D eigenvalue weighted by molar-refractivity contribution is -0.170. The first-order chi connectivity index (χ1) is 11.8. The van der Waals surface area contributed by atoms with Crippen molar-refractivity contribution in [1.82, 2.24) is 10.6 Å². The SMILES string of the molecule is O=C(Nc1ccc2c(c1F)CCNC2)C1CCC(C(F)(F)F)NC1=O. The van der Waals surface area contributed by atoms with Crippen LogP contribution in [0.5, 0.6) is 0 Å². The Kier molecular flexibility index (Phi) is 4.68. The standard InChI is InChI=1S/C16H17F4N3O2/c17-13-9-5-6-21-7-8(9)1-3-11(13)22-14(24)10-2-4-12(16(18,19)20)23-15(10)25/h1,3,10,12,21H,2,4-7H2,(H,22,24)(H,23,25). The van der Waals surface area contributed by atoms with Gasteiger partial charge in [0.25, 0.3) is 0 Å². The molecule has 5 nitrogen and oxygen atoms in total. The molecule has 2 heterocycles. The molecule has 0 radical (unpaired) electrons. The van der Waals surface area contributed by atoms with Crippen LogP contribution in [-0.2, 0) is 22.6 Å². The molecule has 0 aromatic heterocycles. The second kappa shape index (κ2) is 6.62. The maximum atomic E-state index is 14.5. The van der Waals surface area contributed by atoms with Crippen LogP contribution in [-0.4, -0.2) is 30.6 Å². The molecule has 3 N–H and O–H groups in total. The van der Waals surface area contributed by atoms with Crippen molar-refractivity contribution in [3.63, 3.8) is 0 Å². The normalized spacial score (nSPS) is 23.6. The minimum absolute atomic E-state index is 0.0589. The van der Waals surface area contributed by atoms with E-state index >= 15 is 0 Å². The summed E-state index contributed by atoms with van der Waals surface area (Å²) < 4.78 is 52.4. The highest BCUT2D eigenvalue weighted by atomic mass is 19.4. The summed E-state index contributed by atoms with van der Waals surface area (Å²) in [5, 5.41) is 7.25. The number of rotatable bonds is 2. The van der Waals surface area contributed by atoms with Crippen molar-refractivity contribution in [1.29, 1.82) is 0 Å². The molecule has 136 valence electrons. The molecule has 25 heavy (non-hydrogen) atoms. The number of amides is 2. The lowest BCUT2D eigenvalue weighted by Crippen LogP contribution is -2.53. The molecule has 0 spiro atoms. The van der Waals surface area contributed by atoms with Gasteiger partial charge in [0.1, 0.15) is 17.8 Å². The number of piperidine rings is 1. The van der Waals surface area contributed by atoms with Crippen LogP contribution < -0.4 is 16.0 Å². The molecule has 2 aliphatic rings. The average molecular weight is 359 g/mol. The van der Waals surface area contributed by atoms with Gasteiger partial charge in [-0.05, 0) is 43.0 Å². The number of alkyl halides is 3. The van der Waals surface area contributed by atoms with Crippen molar-refractivity contribution in [3.8, 4) is 0 Å². The van der Waals surface area contributed by atoms with Crippen molar-refractivity contribution in [2.75, 3.05) is 11.9 Å². The monoisotopic (exact) mass is 359 g/mol. The Morgan fingerprint density at radius 1 is 1.24 bits per heavy atom. The second-order valence-corrected chi connectivity index (χ2v) is 6.21. The summed E-state index contributed by atoms with van der Waals surface area (Å²) in [4.78, 5) is 24.0. The molecular weight excluding hydrogens is 342 g/mol. The number of hydrogen-bond donors (Lipinski definition) is 3. The topological polar surface area (TPSA) is 70.2 Å². The van der Waals surface area contributed by atoms with Crippen molar-refractivity contribution >= 4 is 17.5 Å². The first-order valence-electron chi connectivity index (χ1n) is 7.96. The number of nitrogens with one attached hydrogen (secondary N) is 3. The molecule has 0 bridgehead atoms. The van der Waals surface area contributed by atoms with E-state index in [1.54, 1.807) is 6.07 Å². The average Bonchev–Trinajstić information content (AvgIpc) is 2.56. The quantitative estimate of drug-likeness (QED) is 0.558. The van der Waals surface area contributed by atoms with Crippen LogP contribution >= 0.6 is 0 Å². The zero-order chi connectivity index (χ0) is 18.2. The van der Waals surface area contributed by atoms with E-state index in [2.05, 4.69) is 10.6 Å². The highest BCUT2D eigenvalue weighted by Gasteiger charge is 2.46. The van der Waals surface area contributed by atoms with Gasteiger partial charge in [-0.25, -0.2) is 4.39 Å². The molecule has 0 aliphatic carbocycles. The highest BCUT2D eigenvalue weighted by molar-refractivity contribution is 6.07. The van der Waals surface area contributed by atoms with Crippen molar-refractivity contribution in [2.24, 2.45) is 5.92 Å². The van der Waals surface area contributed by atoms with E-state index in [0.717, 1.165) is 5.56 Å². The number of hydrogen-bond acceptors (Lipinski definition) is 3. The van der Waals surface area contributed by atoms with Crippen LogP contribution in [0.2, 0.25) is 0 Å². The fourth-order valence-electron chi connectivity index (χ4n) is 3.15. The Morgan fingerprint density at radius 3 is 2.68 bits per heavy atom. The Morgan fingerprint density at radius 2 is 2.00 bits per heavy atom. The number of anilines is 1. The summed E-state index contributed by atoms with van der Waals surface area (Å²) in [7, 11) is 0. The molecule has 0 saturated carbocycles. The molecule has 1 saturated heterocycles. The third-order valence-corrected chi connectivity index (χ3v) is 4.55. The van der Waals surface area contributed by atoms with Crippen molar-refractivity contribution < 1.29 is 27.2 Å². The van der Waals surface area contributed by atoms with Gasteiger partial charge in [-0.3, -0.25) is 9.59 Å². The van der Waals surface area contributed by atoms with E-state index < -0.39 is 35.8 Å². The zero-order valence-electron chi connectivity index (χ0n) is 13.2. The molecule has 2 unspecified atom stereocenters. The van der Waals surface area contributed by atoms with E-state index in [0.29, 0.717) is 25.1 Å². The van der Waals surface area contributed by atoms with E-state index in [1.165, 1.54) is 6.07 Å². The van der Waals surface area contributed by atoms with Gasteiger partial charge in [-0.2, -0.15) is 13.2 Å². The maximum absolute atomic E-state index is 14.5. The van der Waals surface area contributed by atoms with Crippen LogP contribution in [0.15, 0.2) is 12.1 Å². The minimum Gasteiger partial charge on any atom is -0.344 e. The van der Waals surface area contributed by atoms with Crippen LogP contribution in [0, 0.1) is 11.7 Å². The molecule has 1 aromatic carbocycles. The van der Waals surface area contributed by atoms with Gasteiger partial charge >= 0.3 is 6.18 Å². The van der Waals surface area contributed by atoms with Crippen molar-refractivity contribution in [2.45, 2.75) is 38.0 Å². The summed E-state index contributed by atoms with van der Waals surface area (Å²) in [5.74, 6) is -3.62. The molecule has 3 rings (SSSR count). The molecular formula is C16H17F4N3O2.